The quantitative estimate of drug-likeness (QED) is 0.428. The number of hydrogen-bond donors (Lipinski definition) is 2. The number of nitrogens with zero attached hydrogens (tertiary/aromatic N) is 2. The maximum absolute atomic E-state index is 12.8. The topological polar surface area (TPSA) is 91.4 Å². The molecule has 174 valence electrons. The summed E-state index contributed by atoms with van der Waals surface area (Å²) >= 11 is 9.35. The van der Waals surface area contributed by atoms with Crippen LogP contribution >= 0.6 is 27.5 Å². The van der Waals surface area contributed by atoms with Gasteiger partial charge in [0.1, 0.15) is 0 Å². The van der Waals surface area contributed by atoms with Crippen molar-refractivity contribution in [1.82, 2.24) is 14.6 Å². The number of pyridine rings is 1. The highest BCUT2D eigenvalue weighted by atomic mass is 79.9. The predicted molar refractivity (Wildman–Crippen MR) is 134 cm³/mol. The van der Waals surface area contributed by atoms with Crippen LogP contribution in [0.1, 0.15) is 12.8 Å². The zero-order valence-corrected chi connectivity index (χ0v) is 21.0. The monoisotopic (exact) mass is 550 g/mol. The first-order chi connectivity index (χ1) is 15.8. The van der Waals surface area contributed by atoms with E-state index in [0.29, 0.717) is 44.0 Å². The molecule has 33 heavy (non-hydrogen) atoms. The number of halogens is 2. The van der Waals surface area contributed by atoms with Gasteiger partial charge in [0.05, 0.1) is 10.4 Å². The van der Waals surface area contributed by atoms with Crippen LogP contribution in [0, 0.1) is 5.92 Å². The molecule has 0 atom stereocenters. The van der Waals surface area contributed by atoms with E-state index in [9.17, 15) is 13.2 Å². The van der Waals surface area contributed by atoms with Gasteiger partial charge in [-0.2, -0.15) is 4.31 Å². The lowest BCUT2D eigenvalue weighted by Gasteiger charge is -2.30. The van der Waals surface area contributed by atoms with Crippen molar-refractivity contribution in [2.75, 3.05) is 31.5 Å². The first kappa shape index (κ1) is 23.9. The summed E-state index contributed by atoms with van der Waals surface area (Å²) in [5.74, 6) is -0.228. The minimum absolute atomic E-state index is 0.0381. The van der Waals surface area contributed by atoms with Crippen LogP contribution in [0.25, 0.3) is 10.9 Å². The molecule has 1 amide bonds. The molecular formula is C23H24BrClN4O3S. The largest absolute Gasteiger partial charge is 0.383 e. The Hall–Kier alpha value is -2.20. The van der Waals surface area contributed by atoms with Crippen LogP contribution in [-0.4, -0.2) is 49.8 Å². The molecule has 2 aromatic carbocycles. The van der Waals surface area contributed by atoms with Crippen LogP contribution in [0.3, 0.4) is 0 Å². The van der Waals surface area contributed by atoms with Crippen LogP contribution < -0.4 is 10.6 Å². The van der Waals surface area contributed by atoms with Crippen molar-refractivity contribution in [3.63, 3.8) is 0 Å². The van der Waals surface area contributed by atoms with E-state index in [1.807, 2.05) is 24.3 Å². The third-order valence-corrected chi connectivity index (χ3v) is 8.40. The molecule has 10 heteroatoms. The van der Waals surface area contributed by atoms with Crippen molar-refractivity contribution in [1.29, 1.82) is 0 Å². The van der Waals surface area contributed by atoms with E-state index in [4.69, 9.17) is 11.6 Å². The number of sulfonamides is 1. The van der Waals surface area contributed by atoms with E-state index >= 15 is 0 Å². The van der Waals surface area contributed by atoms with Crippen LogP contribution in [0.15, 0.2) is 64.1 Å². The van der Waals surface area contributed by atoms with Crippen LogP contribution in [-0.2, 0) is 14.8 Å². The molecule has 0 radical (unpaired) electrons. The normalized spacial score (nSPS) is 15.5. The molecular weight excluding hydrogens is 528 g/mol. The van der Waals surface area contributed by atoms with Crippen LogP contribution in [0.2, 0.25) is 5.02 Å². The number of benzene rings is 2. The van der Waals surface area contributed by atoms with Gasteiger partial charge in [0.2, 0.25) is 15.9 Å². The fraction of sp³-hybridized carbons (Fsp3) is 0.304. The highest BCUT2D eigenvalue weighted by Gasteiger charge is 2.31. The van der Waals surface area contributed by atoms with E-state index < -0.39 is 10.0 Å². The van der Waals surface area contributed by atoms with Gasteiger partial charge in [-0.25, -0.2) is 8.42 Å². The number of rotatable bonds is 7. The van der Waals surface area contributed by atoms with Gasteiger partial charge in [-0.3, -0.25) is 9.78 Å². The number of amides is 1. The molecule has 1 fully saturated rings. The summed E-state index contributed by atoms with van der Waals surface area (Å²) in [6.07, 6.45) is 2.73. The van der Waals surface area contributed by atoms with Crippen molar-refractivity contribution < 1.29 is 13.2 Å². The molecule has 0 unspecified atom stereocenters. The fourth-order valence-electron chi connectivity index (χ4n) is 3.92. The van der Waals surface area contributed by atoms with Crippen molar-refractivity contribution >= 4 is 60.1 Å². The minimum Gasteiger partial charge on any atom is -0.383 e. The molecule has 1 saturated heterocycles. The van der Waals surface area contributed by atoms with Crippen LogP contribution in [0.5, 0.6) is 0 Å². The smallest absolute Gasteiger partial charge is 0.243 e. The summed E-state index contributed by atoms with van der Waals surface area (Å²) in [6, 6.07) is 14.0. The zero-order valence-electron chi connectivity index (χ0n) is 17.8. The number of carbonyl (C=O) groups excluding carboxylic acids is 1. The standard InChI is InChI=1S/C23H24BrClN4O3S/c24-17-1-4-19(5-2-17)33(31,32)29-13-8-16(9-14-29)23(30)28-12-11-27-21-7-10-26-22-15-18(25)3-6-20(21)22/h1-7,10,15-16H,8-9,11-14H2,(H,26,27)(H,28,30). The Balaban J connectivity index is 1.25. The Kier molecular flexibility index (Phi) is 7.53. The average molecular weight is 552 g/mol. The Bertz CT molecular complexity index is 1250. The number of hydrogen-bond acceptors (Lipinski definition) is 5. The highest BCUT2D eigenvalue weighted by Crippen LogP contribution is 2.26. The van der Waals surface area contributed by atoms with Gasteiger partial charge in [-0.1, -0.05) is 27.5 Å². The molecule has 0 bridgehead atoms. The first-order valence-corrected chi connectivity index (χ1v) is 13.3. The molecule has 7 nitrogen and oxygen atoms in total. The SMILES string of the molecule is O=C(NCCNc1ccnc2cc(Cl)ccc12)C1CCN(S(=O)(=O)c2ccc(Br)cc2)CC1. The van der Waals surface area contributed by atoms with Gasteiger partial charge in [0, 0.05) is 58.9 Å². The maximum Gasteiger partial charge on any atom is 0.243 e. The van der Waals surface area contributed by atoms with Crippen molar-refractivity contribution in [3.8, 4) is 0 Å². The lowest BCUT2D eigenvalue weighted by atomic mass is 9.97. The Morgan fingerprint density at radius 2 is 1.82 bits per heavy atom. The lowest BCUT2D eigenvalue weighted by molar-refractivity contribution is -0.126. The molecule has 4 rings (SSSR count). The second kappa shape index (κ2) is 10.4. The number of piperidine rings is 1. The van der Waals surface area contributed by atoms with E-state index in [2.05, 4.69) is 31.5 Å². The summed E-state index contributed by atoms with van der Waals surface area (Å²) in [4.78, 5) is 17.2. The summed E-state index contributed by atoms with van der Waals surface area (Å²) in [5, 5.41) is 7.89. The third-order valence-electron chi connectivity index (χ3n) is 5.72. The zero-order chi connectivity index (χ0) is 23.4. The number of fused-ring (bicyclic) bond motifs is 1. The minimum atomic E-state index is -3.54. The first-order valence-electron chi connectivity index (χ1n) is 10.7. The molecule has 2 N–H and O–H groups in total. The van der Waals surface area contributed by atoms with E-state index in [-0.39, 0.29) is 16.7 Å². The van der Waals surface area contributed by atoms with Gasteiger partial charge >= 0.3 is 0 Å². The fourth-order valence-corrected chi connectivity index (χ4v) is 5.82. The molecule has 1 aliphatic rings. The number of anilines is 1. The molecule has 0 spiro atoms. The van der Waals surface area contributed by atoms with Gasteiger partial charge < -0.3 is 10.6 Å². The molecule has 2 heterocycles. The molecule has 0 aliphatic carbocycles. The number of aromatic nitrogens is 1. The summed E-state index contributed by atoms with van der Waals surface area (Å²) in [7, 11) is -3.54. The van der Waals surface area contributed by atoms with Crippen molar-refractivity contribution in [2.24, 2.45) is 5.92 Å². The van der Waals surface area contributed by atoms with Crippen molar-refractivity contribution in [3.05, 3.63) is 64.2 Å². The summed E-state index contributed by atoms with van der Waals surface area (Å²) < 4.78 is 27.9. The molecule has 1 aliphatic heterocycles. The number of nitrogens with one attached hydrogen (secondary N) is 2. The average Bonchev–Trinajstić information content (AvgIpc) is 2.82. The molecule has 3 aromatic rings. The molecule has 0 saturated carbocycles. The lowest BCUT2D eigenvalue weighted by Crippen LogP contribution is -2.43. The number of carbonyl (C=O) groups is 1. The van der Waals surface area contributed by atoms with Gasteiger partial charge in [-0.15, -0.1) is 0 Å². The summed E-state index contributed by atoms with van der Waals surface area (Å²) in [5.41, 5.74) is 1.73. The maximum atomic E-state index is 12.8. The Morgan fingerprint density at radius 1 is 1.09 bits per heavy atom. The predicted octanol–water partition coefficient (Wildman–Crippen LogP) is 4.28. The molecule has 1 aromatic heterocycles. The Labute approximate surface area is 206 Å². The van der Waals surface area contributed by atoms with Crippen LogP contribution in [0.4, 0.5) is 5.69 Å². The van der Waals surface area contributed by atoms with Crippen molar-refractivity contribution in [2.45, 2.75) is 17.7 Å². The van der Waals surface area contributed by atoms with Gasteiger partial charge in [-0.05, 0) is 61.4 Å². The second-order valence-electron chi connectivity index (χ2n) is 7.87. The van der Waals surface area contributed by atoms with E-state index in [1.54, 1.807) is 30.5 Å². The second-order valence-corrected chi connectivity index (χ2v) is 11.2. The van der Waals surface area contributed by atoms with E-state index in [0.717, 1.165) is 21.1 Å². The summed E-state index contributed by atoms with van der Waals surface area (Å²) in [6.45, 7) is 1.69. The third kappa shape index (κ3) is 5.66. The van der Waals surface area contributed by atoms with E-state index in [1.165, 1.54) is 4.31 Å². The highest BCUT2D eigenvalue weighted by molar-refractivity contribution is 9.10. The van der Waals surface area contributed by atoms with Gasteiger partial charge in [0.15, 0.2) is 0 Å². The van der Waals surface area contributed by atoms with Gasteiger partial charge in [0.25, 0.3) is 0 Å². The Morgan fingerprint density at radius 3 is 2.55 bits per heavy atom.